The van der Waals surface area contributed by atoms with Crippen molar-refractivity contribution in [2.45, 2.75) is 53.4 Å². The van der Waals surface area contributed by atoms with Gasteiger partial charge in [0.15, 0.2) is 0 Å². The second kappa shape index (κ2) is 11.3. The molecule has 0 fully saturated rings. The van der Waals surface area contributed by atoms with E-state index in [1.807, 2.05) is 17.0 Å². The summed E-state index contributed by atoms with van der Waals surface area (Å²) in [5.74, 6) is 0.207. The van der Waals surface area contributed by atoms with Crippen LogP contribution in [0, 0.1) is 13.8 Å². The van der Waals surface area contributed by atoms with Gasteiger partial charge in [-0.3, -0.25) is 10.2 Å². The molecule has 0 heterocycles. The molecule has 0 atom stereocenters. The number of anilines is 1. The first-order chi connectivity index (χ1) is 13.5. The van der Waals surface area contributed by atoms with Crippen LogP contribution in [0.4, 0.5) is 5.69 Å². The van der Waals surface area contributed by atoms with Gasteiger partial charge in [-0.25, -0.2) is 0 Å². The van der Waals surface area contributed by atoms with Crippen LogP contribution in [0.2, 0.25) is 0 Å². The minimum absolute atomic E-state index is 0.207. The minimum Gasteiger partial charge on any atom is -0.343 e. The van der Waals surface area contributed by atoms with Crippen molar-refractivity contribution in [3.05, 3.63) is 65.2 Å². The summed E-state index contributed by atoms with van der Waals surface area (Å²) in [6.07, 6.45) is 3.06. The van der Waals surface area contributed by atoms with Crippen molar-refractivity contribution in [1.82, 2.24) is 4.90 Å². The van der Waals surface area contributed by atoms with Crippen LogP contribution in [0.3, 0.4) is 0 Å². The second-order valence-electron chi connectivity index (χ2n) is 7.28. The van der Waals surface area contributed by atoms with Crippen molar-refractivity contribution in [2.75, 3.05) is 18.5 Å². The molecular weight excluding hydrogens is 346 g/mol. The minimum atomic E-state index is 0.207. The fourth-order valence-corrected chi connectivity index (χ4v) is 3.06. The molecule has 2 rings (SSSR count). The number of nitrogens with zero attached hydrogens (tertiary/aromatic N) is 2. The molecule has 0 aliphatic carbocycles. The highest BCUT2D eigenvalue weighted by molar-refractivity contribution is 6.02. The van der Waals surface area contributed by atoms with Gasteiger partial charge in [-0.1, -0.05) is 61.4 Å². The fourth-order valence-electron chi connectivity index (χ4n) is 3.06. The lowest BCUT2D eigenvalue weighted by molar-refractivity contribution is -0.131. The van der Waals surface area contributed by atoms with Gasteiger partial charge in [-0.15, -0.1) is 0 Å². The molecule has 150 valence electrons. The van der Waals surface area contributed by atoms with Crippen LogP contribution in [-0.4, -0.2) is 29.6 Å². The third-order valence-electron chi connectivity index (χ3n) is 4.67. The SMILES string of the molecule is CCCN(CCC)C(=O)CC/C(=N/Nc1ccc(C)cc1)c1ccc(C)cc1. The highest BCUT2D eigenvalue weighted by Crippen LogP contribution is 2.13. The summed E-state index contributed by atoms with van der Waals surface area (Å²) in [7, 11) is 0. The Labute approximate surface area is 169 Å². The topological polar surface area (TPSA) is 44.7 Å². The maximum absolute atomic E-state index is 12.7. The molecule has 4 heteroatoms. The molecule has 28 heavy (non-hydrogen) atoms. The Morgan fingerprint density at radius 2 is 1.39 bits per heavy atom. The number of carbonyl (C=O) groups excluding carboxylic acids is 1. The molecule has 2 aromatic rings. The average Bonchev–Trinajstić information content (AvgIpc) is 2.70. The van der Waals surface area contributed by atoms with Crippen molar-refractivity contribution < 1.29 is 4.79 Å². The summed E-state index contributed by atoms with van der Waals surface area (Å²) in [6.45, 7) is 10.0. The van der Waals surface area contributed by atoms with Crippen molar-refractivity contribution in [1.29, 1.82) is 0 Å². The normalized spacial score (nSPS) is 11.4. The quantitative estimate of drug-likeness (QED) is 0.434. The molecule has 0 aliphatic rings. The largest absolute Gasteiger partial charge is 0.343 e. The Hall–Kier alpha value is -2.62. The van der Waals surface area contributed by atoms with Crippen molar-refractivity contribution >= 4 is 17.3 Å². The van der Waals surface area contributed by atoms with Gasteiger partial charge in [-0.2, -0.15) is 5.10 Å². The fraction of sp³-hybridized carbons (Fsp3) is 0.417. The van der Waals surface area contributed by atoms with E-state index >= 15 is 0 Å². The number of amides is 1. The predicted octanol–water partition coefficient (Wildman–Crippen LogP) is 5.55. The summed E-state index contributed by atoms with van der Waals surface area (Å²) >= 11 is 0. The van der Waals surface area contributed by atoms with E-state index in [-0.39, 0.29) is 5.91 Å². The number of rotatable bonds is 10. The van der Waals surface area contributed by atoms with E-state index in [4.69, 9.17) is 0 Å². The number of hydrogen-bond acceptors (Lipinski definition) is 3. The van der Waals surface area contributed by atoms with Gasteiger partial charge in [0, 0.05) is 25.9 Å². The zero-order chi connectivity index (χ0) is 20.4. The predicted molar refractivity (Wildman–Crippen MR) is 119 cm³/mol. The van der Waals surface area contributed by atoms with Gasteiger partial charge in [-0.05, 0) is 44.4 Å². The van der Waals surface area contributed by atoms with Crippen molar-refractivity contribution in [3.8, 4) is 0 Å². The highest BCUT2D eigenvalue weighted by atomic mass is 16.2. The Morgan fingerprint density at radius 1 is 0.857 bits per heavy atom. The first-order valence-corrected chi connectivity index (χ1v) is 10.3. The Morgan fingerprint density at radius 3 is 1.93 bits per heavy atom. The smallest absolute Gasteiger partial charge is 0.222 e. The lowest BCUT2D eigenvalue weighted by atomic mass is 10.0. The van der Waals surface area contributed by atoms with E-state index in [1.165, 1.54) is 11.1 Å². The standard InChI is InChI=1S/C24H33N3O/c1-5-17-27(18-6-2)24(28)16-15-23(21-11-7-19(3)8-12-21)26-25-22-13-9-20(4)10-14-22/h7-14,25H,5-6,15-18H2,1-4H3/b26-23-. The summed E-state index contributed by atoms with van der Waals surface area (Å²) in [5, 5.41) is 4.64. The number of aryl methyl sites for hydroxylation is 2. The number of nitrogens with one attached hydrogen (secondary N) is 1. The summed E-state index contributed by atoms with van der Waals surface area (Å²) in [4.78, 5) is 14.6. The van der Waals surface area contributed by atoms with Crippen LogP contribution in [0.25, 0.3) is 0 Å². The summed E-state index contributed by atoms with van der Waals surface area (Å²) in [5.41, 5.74) is 8.48. The Balaban J connectivity index is 2.13. The molecule has 0 bridgehead atoms. The average molecular weight is 380 g/mol. The van der Waals surface area contributed by atoms with E-state index in [2.05, 4.69) is 74.6 Å². The molecule has 1 N–H and O–H groups in total. The lowest BCUT2D eigenvalue weighted by Crippen LogP contribution is -2.32. The van der Waals surface area contributed by atoms with E-state index in [0.717, 1.165) is 42.9 Å². The molecule has 0 radical (unpaired) electrons. The molecule has 1 amide bonds. The van der Waals surface area contributed by atoms with Gasteiger partial charge in [0.05, 0.1) is 11.4 Å². The van der Waals surface area contributed by atoms with Crippen LogP contribution >= 0.6 is 0 Å². The molecule has 4 nitrogen and oxygen atoms in total. The highest BCUT2D eigenvalue weighted by Gasteiger charge is 2.14. The van der Waals surface area contributed by atoms with E-state index in [1.54, 1.807) is 0 Å². The molecule has 0 aliphatic heterocycles. The number of hydrogen-bond donors (Lipinski definition) is 1. The van der Waals surface area contributed by atoms with Crippen LogP contribution in [0.5, 0.6) is 0 Å². The molecule has 0 spiro atoms. The number of benzene rings is 2. The zero-order valence-electron chi connectivity index (χ0n) is 17.7. The van der Waals surface area contributed by atoms with Crippen LogP contribution < -0.4 is 5.43 Å². The molecule has 0 saturated heterocycles. The van der Waals surface area contributed by atoms with Gasteiger partial charge < -0.3 is 4.90 Å². The number of carbonyl (C=O) groups is 1. The third-order valence-corrected chi connectivity index (χ3v) is 4.67. The van der Waals surface area contributed by atoms with Gasteiger partial charge in [0.25, 0.3) is 0 Å². The molecule has 0 aromatic heterocycles. The number of hydrazone groups is 1. The van der Waals surface area contributed by atoms with Crippen molar-refractivity contribution in [2.24, 2.45) is 5.10 Å². The van der Waals surface area contributed by atoms with Gasteiger partial charge in [0.2, 0.25) is 5.91 Å². The Bertz CT molecular complexity index is 757. The van der Waals surface area contributed by atoms with Crippen molar-refractivity contribution in [3.63, 3.8) is 0 Å². The zero-order valence-corrected chi connectivity index (χ0v) is 17.7. The third kappa shape index (κ3) is 6.84. The molecule has 0 saturated carbocycles. The first-order valence-electron chi connectivity index (χ1n) is 10.3. The first kappa shape index (κ1) is 21.7. The Kier molecular flexibility index (Phi) is 8.73. The monoisotopic (exact) mass is 379 g/mol. The summed E-state index contributed by atoms with van der Waals surface area (Å²) in [6, 6.07) is 16.5. The van der Waals surface area contributed by atoms with Gasteiger partial charge >= 0.3 is 0 Å². The van der Waals surface area contributed by atoms with E-state index in [0.29, 0.717) is 12.8 Å². The van der Waals surface area contributed by atoms with E-state index in [9.17, 15) is 4.79 Å². The second-order valence-corrected chi connectivity index (χ2v) is 7.28. The molecule has 0 unspecified atom stereocenters. The molecule has 2 aromatic carbocycles. The van der Waals surface area contributed by atoms with Crippen LogP contribution in [0.1, 0.15) is 56.2 Å². The maximum atomic E-state index is 12.7. The lowest BCUT2D eigenvalue weighted by Gasteiger charge is -2.21. The van der Waals surface area contributed by atoms with E-state index < -0.39 is 0 Å². The van der Waals surface area contributed by atoms with Gasteiger partial charge in [0.1, 0.15) is 0 Å². The molecular formula is C24H33N3O. The van der Waals surface area contributed by atoms with Crippen LogP contribution in [0.15, 0.2) is 53.6 Å². The summed E-state index contributed by atoms with van der Waals surface area (Å²) < 4.78 is 0. The van der Waals surface area contributed by atoms with Crippen LogP contribution in [-0.2, 0) is 4.79 Å². The maximum Gasteiger partial charge on any atom is 0.222 e.